The summed E-state index contributed by atoms with van der Waals surface area (Å²) in [5.41, 5.74) is 2.36. The van der Waals surface area contributed by atoms with E-state index in [0.717, 1.165) is 42.5 Å². The predicted molar refractivity (Wildman–Crippen MR) is 101 cm³/mol. The van der Waals surface area contributed by atoms with Crippen LogP contribution in [0.1, 0.15) is 17.5 Å². The normalized spacial score (nSPS) is 16.8. The van der Waals surface area contributed by atoms with Crippen molar-refractivity contribution >= 4 is 28.7 Å². The highest BCUT2D eigenvalue weighted by Crippen LogP contribution is 2.23. The third kappa shape index (κ3) is 4.82. The maximum absolute atomic E-state index is 11.6. The standard InChI is InChI=1S/C19H21N3O2S/c1-22(17-6-2-3-11-20-17)12-4-5-14-7-9-15(10-8-14)13-16-18(23)21-19(24)25-16/h2-3,6-11,16H,4-5,12-13H2,1H3,(H,21,23,24). The molecule has 1 aromatic carbocycles. The van der Waals surface area contributed by atoms with Gasteiger partial charge in [-0.15, -0.1) is 0 Å². The van der Waals surface area contributed by atoms with E-state index in [4.69, 9.17) is 0 Å². The van der Waals surface area contributed by atoms with Crippen LogP contribution >= 0.6 is 11.8 Å². The number of carbonyl (C=O) groups excluding carboxylic acids is 2. The van der Waals surface area contributed by atoms with Crippen molar-refractivity contribution in [2.24, 2.45) is 0 Å². The van der Waals surface area contributed by atoms with Crippen molar-refractivity contribution in [3.63, 3.8) is 0 Å². The third-order valence-corrected chi connectivity index (χ3v) is 5.19. The zero-order valence-electron chi connectivity index (χ0n) is 14.1. The van der Waals surface area contributed by atoms with Gasteiger partial charge in [-0.05, 0) is 42.5 Å². The molecule has 0 radical (unpaired) electrons. The molecule has 0 saturated carbocycles. The Bertz CT molecular complexity index is 734. The molecule has 1 unspecified atom stereocenters. The Morgan fingerprint density at radius 3 is 2.52 bits per heavy atom. The first-order chi connectivity index (χ1) is 12.1. The van der Waals surface area contributed by atoms with Gasteiger partial charge in [-0.2, -0.15) is 0 Å². The van der Waals surface area contributed by atoms with E-state index in [0.29, 0.717) is 6.42 Å². The number of nitrogens with one attached hydrogen (secondary N) is 1. The van der Waals surface area contributed by atoms with Crippen molar-refractivity contribution in [2.45, 2.75) is 24.5 Å². The van der Waals surface area contributed by atoms with Gasteiger partial charge in [0.25, 0.3) is 5.24 Å². The molecule has 0 aliphatic carbocycles. The van der Waals surface area contributed by atoms with Crippen LogP contribution in [0.25, 0.3) is 0 Å². The summed E-state index contributed by atoms with van der Waals surface area (Å²) in [7, 11) is 2.05. The lowest BCUT2D eigenvalue weighted by molar-refractivity contribution is -0.118. The number of aromatic nitrogens is 1. The molecule has 5 nitrogen and oxygen atoms in total. The second-order valence-electron chi connectivity index (χ2n) is 6.12. The number of benzene rings is 1. The summed E-state index contributed by atoms with van der Waals surface area (Å²) < 4.78 is 0. The molecule has 1 saturated heterocycles. The quantitative estimate of drug-likeness (QED) is 0.827. The molecule has 2 amide bonds. The number of nitrogens with zero attached hydrogens (tertiary/aromatic N) is 2. The van der Waals surface area contributed by atoms with Crippen LogP contribution in [0.15, 0.2) is 48.7 Å². The van der Waals surface area contributed by atoms with E-state index >= 15 is 0 Å². The highest BCUT2D eigenvalue weighted by atomic mass is 32.2. The van der Waals surface area contributed by atoms with E-state index in [2.05, 4.69) is 46.5 Å². The zero-order valence-corrected chi connectivity index (χ0v) is 15.0. The Hall–Kier alpha value is -2.34. The number of imide groups is 1. The first kappa shape index (κ1) is 17.5. The molecule has 1 aliphatic rings. The Morgan fingerprint density at radius 2 is 1.88 bits per heavy atom. The summed E-state index contributed by atoms with van der Waals surface area (Å²) in [6.45, 7) is 0.944. The number of hydrogen-bond acceptors (Lipinski definition) is 5. The molecule has 6 heteroatoms. The van der Waals surface area contributed by atoms with E-state index in [1.165, 1.54) is 5.56 Å². The summed E-state index contributed by atoms with van der Waals surface area (Å²) in [4.78, 5) is 29.3. The lowest BCUT2D eigenvalue weighted by Gasteiger charge is -2.17. The average Bonchev–Trinajstić information content (AvgIpc) is 2.94. The fourth-order valence-corrected chi connectivity index (χ4v) is 3.66. The van der Waals surface area contributed by atoms with E-state index in [1.54, 1.807) is 6.20 Å². The van der Waals surface area contributed by atoms with E-state index in [1.807, 2.05) is 18.2 Å². The summed E-state index contributed by atoms with van der Waals surface area (Å²) in [6, 6.07) is 14.2. The lowest BCUT2D eigenvalue weighted by Crippen LogP contribution is -2.25. The van der Waals surface area contributed by atoms with Crippen LogP contribution < -0.4 is 10.2 Å². The molecule has 1 aromatic heterocycles. The van der Waals surface area contributed by atoms with Crippen LogP contribution in [0.5, 0.6) is 0 Å². The first-order valence-corrected chi connectivity index (χ1v) is 9.21. The first-order valence-electron chi connectivity index (χ1n) is 8.33. The van der Waals surface area contributed by atoms with Crippen molar-refractivity contribution in [3.8, 4) is 0 Å². The number of carbonyl (C=O) groups is 2. The van der Waals surface area contributed by atoms with Gasteiger partial charge in [0.05, 0.1) is 5.25 Å². The molecule has 1 atom stereocenters. The molecule has 1 aliphatic heterocycles. The summed E-state index contributed by atoms with van der Waals surface area (Å²) in [6.07, 6.45) is 4.43. The van der Waals surface area contributed by atoms with Crippen LogP contribution in [-0.2, 0) is 17.6 Å². The number of pyridine rings is 1. The van der Waals surface area contributed by atoms with Crippen molar-refractivity contribution in [1.82, 2.24) is 10.3 Å². The van der Waals surface area contributed by atoms with Gasteiger partial charge in [-0.3, -0.25) is 14.9 Å². The van der Waals surface area contributed by atoms with Gasteiger partial charge in [-0.1, -0.05) is 42.1 Å². The highest BCUT2D eigenvalue weighted by molar-refractivity contribution is 8.15. The number of aryl methyl sites for hydroxylation is 1. The molecular weight excluding hydrogens is 334 g/mol. The van der Waals surface area contributed by atoms with Gasteiger partial charge in [0.15, 0.2) is 0 Å². The molecule has 1 fully saturated rings. The molecule has 2 aromatic rings. The predicted octanol–water partition coefficient (Wildman–Crippen LogP) is 3.04. The van der Waals surface area contributed by atoms with Crippen molar-refractivity contribution in [1.29, 1.82) is 0 Å². The fourth-order valence-electron chi connectivity index (χ4n) is 2.80. The van der Waals surface area contributed by atoms with Crippen LogP contribution in [0.4, 0.5) is 10.6 Å². The minimum Gasteiger partial charge on any atom is -0.360 e. The van der Waals surface area contributed by atoms with Crippen LogP contribution in [0, 0.1) is 0 Å². The number of thioether (sulfide) groups is 1. The molecule has 3 rings (SSSR count). The topological polar surface area (TPSA) is 62.3 Å². The van der Waals surface area contributed by atoms with Crippen LogP contribution in [0.3, 0.4) is 0 Å². The van der Waals surface area contributed by atoms with Crippen LogP contribution in [-0.4, -0.2) is 35.0 Å². The monoisotopic (exact) mass is 355 g/mol. The van der Waals surface area contributed by atoms with Crippen LogP contribution in [0.2, 0.25) is 0 Å². The highest BCUT2D eigenvalue weighted by Gasteiger charge is 2.31. The second kappa shape index (κ2) is 8.16. The minimum atomic E-state index is -0.301. The number of anilines is 1. The fraction of sp³-hybridized carbons (Fsp3) is 0.316. The van der Waals surface area contributed by atoms with Crippen molar-refractivity contribution in [2.75, 3.05) is 18.5 Å². The molecule has 25 heavy (non-hydrogen) atoms. The Labute approximate surface area is 151 Å². The summed E-state index contributed by atoms with van der Waals surface area (Å²) >= 11 is 1.08. The third-order valence-electron chi connectivity index (χ3n) is 4.21. The molecule has 1 N–H and O–H groups in total. The van der Waals surface area contributed by atoms with E-state index in [-0.39, 0.29) is 16.4 Å². The van der Waals surface area contributed by atoms with Crippen molar-refractivity contribution in [3.05, 3.63) is 59.8 Å². The van der Waals surface area contributed by atoms with E-state index in [9.17, 15) is 9.59 Å². The lowest BCUT2D eigenvalue weighted by atomic mass is 10.0. The summed E-state index contributed by atoms with van der Waals surface area (Å²) in [5.74, 6) is 0.802. The van der Waals surface area contributed by atoms with Gasteiger partial charge in [0.1, 0.15) is 5.82 Å². The molecule has 0 spiro atoms. The summed E-state index contributed by atoms with van der Waals surface area (Å²) in [5, 5.41) is 1.78. The molecular formula is C19H21N3O2S. The number of hydrogen-bond donors (Lipinski definition) is 1. The molecule has 130 valence electrons. The van der Waals surface area contributed by atoms with Gasteiger partial charge < -0.3 is 4.90 Å². The molecule has 2 heterocycles. The minimum absolute atomic E-state index is 0.184. The average molecular weight is 355 g/mol. The Morgan fingerprint density at radius 1 is 1.12 bits per heavy atom. The maximum atomic E-state index is 11.6. The second-order valence-corrected chi connectivity index (χ2v) is 7.29. The van der Waals surface area contributed by atoms with Gasteiger partial charge in [0.2, 0.25) is 5.91 Å². The SMILES string of the molecule is CN(CCCc1ccc(CC2SC(=O)NC2=O)cc1)c1ccccn1. The van der Waals surface area contributed by atoms with Gasteiger partial charge >= 0.3 is 0 Å². The zero-order chi connectivity index (χ0) is 17.6. The largest absolute Gasteiger partial charge is 0.360 e. The maximum Gasteiger partial charge on any atom is 0.286 e. The van der Waals surface area contributed by atoms with E-state index < -0.39 is 0 Å². The Kier molecular flexibility index (Phi) is 5.71. The van der Waals surface area contributed by atoms with Gasteiger partial charge in [-0.25, -0.2) is 4.98 Å². The Balaban J connectivity index is 1.46. The van der Waals surface area contributed by atoms with Crippen molar-refractivity contribution < 1.29 is 9.59 Å². The smallest absolute Gasteiger partial charge is 0.286 e. The number of rotatable bonds is 7. The molecule has 0 bridgehead atoms. The van der Waals surface area contributed by atoms with Gasteiger partial charge in [0, 0.05) is 19.8 Å². The number of amides is 2.